The third-order valence-electron chi connectivity index (χ3n) is 5.45. The highest BCUT2D eigenvalue weighted by Gasteiger charge is 2.43. The minimum Gasteiger partial charge on any atom is -0.336 e. The summed E-state index contributed by atoms with van der Waals surface area (Å²) in [7, 11) is 0. The number of carbonyl (C=O) groups is 2. The second-order valence-corrected chi connectivity index (χ2v) is 9.02. The van der Waals surface area contributed by atoms with Crippen molar-refractivity contribution < 1.29 is 14.0 Å². The zero-order chi connectivity index (χ0) is 24.2. The quantitative estimate of drug-likeness (QED) is 0.409. The Kier molecular flexibility index (Phi) is 7.46. The summed E-state index contributed by atoms with van der Waals surface area (Å²) in [6.45, 7) is 0.428. The van der Waals surface area contributed by atoms with Crippen molar-refractivity contribution in [1.29, 1.82) is 0 Å². The third-order valence-corrected chi connectivity index (χ3v) is 6.35. The number of nitrogens with zero attached hydrogens (tertiary/aromatic N) is 2. The number of hydrogen-bond acceptors (Lipinski definition) is 3. The van der Waals surface area contributed by atoms with E-state index < -0.39 is 11.9 Å². The maximum absolute atomic E-state index is 13.4. The Bertz CT molecular complexity index is 1220. The highest BCUT2D eigenvalue weighted by Crippen LogP contribution is 2.29. The molecule has 1 aliphatic rings. The van der Waals surface area contributed by atoms with Gasteiger partial charge in [0.1, 0.15) is 11.9 Å². The van der Waals surface area contributed by atoms with Crippen LogP contribution in [0.25, 0.3) is 0 Å². The van der Waals surface area contributed by atoms with E-state index in [2.05, 4.69) is 5.32 Å². The molecule has 1 heterocycles. The topological polar surface area (TPSA) is 52.7 Å². The molecule has 4 rings (SSSR count). The number of amides is 2. The van der Waals surface area contributed by atoms with Gasteiger partial charge in [0.15, 0.2) is 5.11 Å². The molecule has 0 aromatic heterocycles. The van der Waals surface area contributed by atoms with E-state index in [4.69, 9.17) is 35.4 Å². The van der Waals surface area contributed by atoms with Gasteiger partial charge in [0.2, 0.25) is 5.91 Å². The number of nitrogens with one attached hydrogen (secondary N) is 1. The van der Waals surface area contributed by atoms with E-state index in [9.17, 15) is 14.0 Å². The van der Waals surface area contributed by atoms with Crippen LogP contribution in [0.15, 0.2) is 72.8 Å². The van der Waals surface area contributed by atoms with Crippen molar-refractivity contribution in [3.8, 4) is 0 Å². The van der Waals surface area contributed by atoms with Crippen LogP contribution in [0.5, 0.6) is 0 Å². The Hall–Kier alpha value is -3.00. The lowest BCUT2D eigenvalue weighted by molar-refractivity contribution is -0.124. The van der Waals surface area contributed by atoms with Crippen molar-refractivity contribution in [2.75, 3.05) is 16.8 Å². The molecule has 1 saturated heterocycles. The number of benzene rings is 3. The number of rotatable bonds is 7. The Morgan fingerprint density at radius 2 is 1.71 bits per heavy atom. The minimum atomic E-state index is -0.792. The monoisotopic (exact) mass is 515 g/mol. The Morgan fingerprint density at radius 1 is 1.00 bits per heavy atom. The summed E-state index contributed by atoms with van der Waals surface area (Å²) >= 11 is 17.8. The van der Waals surface area contributed by atoms with Crippen molar-refractivity contribution in [3.63, 3.8) is 0 Å². The van der Waals surface area contributed by atoms with Crippen molar-refractivity contribution in [1.82, 2.24) is 4.90 Å². The lowest BCUT2D eigenvalue weighted by Gasteiger charge is -2.24. The van der Waals surface area contributed by atoms with Gasteiger partial charge in [-0.05, 0) is 78.8 Å². The van der Waals surface area contributed by atoms with Gasteiger partial charge in [-0.2, -0.15) is 0 Å². The molecule has 5 nitrogen and oxygen atoms in total. The fraction of sp³-hybridized carbons (Fsp3) is 0.160. The highest BCUT2D eigenvalue weighted by atomic mass is 35.5. The summed E-state index contributed by atoms with van der Waals surface area (Å²) in [5.41, 5.74) is 2.01. The van der Waals surface area contributed by atoms with E-state index in [0.29, 0.717) is 39.5 Å². The van der Waals surface area contributed by atoms with Crippen molar-refractivity contribution >= 4 is 63.7 Å². The molecule has 0 radical (unpaired) electrons. The molecule has 1 unspecified atom stereocenters. The zero-order valence-corrected chi connectivity index (χ0v) is 20.2. The molecule has 9 heteroatoms. The average Bonchev–Trinajstić information content (AvgIpc) is 3.04. The molecular formula is C25H20Cl2FN3O2S. The summed E-state index contributed by atoms with van der Waals surface area (Å²) in [5, 5.41) is 4.13. The first kappa shape index (κ1) is 24.1. The predicted octanol–water partition coefficient (Wildman–Crippen LogP) is 5.71. The third kappa shape index (κ3) is 5.55. The molecule has 0 spiro atoms. The molecule has 3 aromatic carbocycles. The van der Waals surface area contributed by atoms with Crippen molar-refractivity contribution in [3.05, 3.63) is 94.2 Å². The molecule has 1 aliphatic heterocycles. The molecule has 34 heavy (non-hydrogen) atoms. The number of thiocarbonyl (C=S) groups is 1. The maximum atomic E-state index is 13.4. The molecule has 0 bridgehead atoms. The van der Waals surface area contributed by atoms with Crippen LogP contribution in [0.3, 0.4) is 0 Å². The second kappa shape index (κ2) is 10.5. The van der Waals surface area contributed by atoms with Gasteiger partial charge in [-0.1, -0.05) is 41.4 Å². The molecule has 3 aromatic rings. The van der Waals surface area contributed by atoms with Crippen LogP contribution in [-0.4, -0.2) is 34.4 Å². The standard InChI is InChI=1S/C25H20Cl2FN3O2S/c26-17-6-4-16(5-7-17)12-13-30-22(15-23(32)29-20-10-8-19(28)9-11-20)24(33)31(25(30)34)21-3-1-2-18(27)14-21/h1-11,14,22H,12-13,15H2,(H,29,32). The van der Waals surface area contributed by atoms with Gasteiger partial charge in [0, 0.05) is 22.3 Å². The van der Waals surface area contributed by atoms with E-state index >= 15 is 0 Å². The van der Waals surface area contributed by atoms with Crippen molar-refractivity contribution in [2.24, 2.45) is 0 Å². The van der Waals surface area contributed by atoms with Gasteiger partial charge in [-0.3, -0.25) is 14.5 Å². The molecule has 2 amide bonds. The van der Waals surface area contributed by atoms with Crippen LogP contribution in [0.1, 0.15) is 12.0 Å². The molecule has 1 atom stereocenters. The van der Waals surface area contributed by atoms with Crippen LogP contribution in [0.4, 0.5) is 15.8 Å². The first-order valence-electron chi connectivity index (χ1n) is 10.5. The molecule has 0 saturated carbocycles. The van der Waals surface area contributed by atoms with Gasteiger partial charge < -0.3 is 10.2 Å². The normalized spacial score (nSPS) is 15.7. The fourth-order valence-corrected chi connectivity index (χ4v) is 4.49. The predicted molar refractivity (Wildman–Crippen MR) is 137 cm³/mol. The number of hydrogen-bond donors (Lipinski definition) is 1. The minimum absolute atomic E-state index is 0.117. The largest absolute Gasteiger partial charge is 0.336 e. The Morgan fingerprint density at radius 3 is 2.38 bits per heavy atom. The van der Waals surface area contributed by atoms with Gasteiger partial charge in [0.25, 0.3) is 5.91 Å². The van der Waals surface area contributed by atoms with Crippen LogP contribution < -0.4 is 10.2 Å². The lowest BCUT2D eigenvalue weighted by atomic mass is 10.1. The molecule has 1 fully saturated rings. The number of halogens is 3. The summed E-state index contributed by atoms with van der Waals surface area (Å²) in [6.07, 6.45) is 0.484. The van der Waals surface area contributed by atoms with E-state index in [-0.39, 0.29) is 18.2 Å². The first-order chi connectivity index (χ1) is 16.3. The maximum Gasteiger partial charge on any atom is 0.256 e. The van der Waals surface area contributed by atoms with Gasteiger partial charge in [-0.25, -0.2) is 4.39 Å². The fourth-order valence-electron chi connectivity index (χ4n) is 3.76. The number of carbonyl (C=O) groups excluding carboxylic acids is 2. The molecule has 174 valence electrons. The molecular weight excluding hydrogens is 496 g/mol. The van der Waals surface area contributed by atoms with Crippen LogP contribution in [0.2, 0.25) is 10.0 Å². The van der Waals surface area contributed by atoms with Crippen LogP contribution in [0, 0.1) is 5.82 Å². The van der Waals surface area contributed by atoms with E-state index in [1.165, 1.54) is 29.2 Å². The second-order valence-electron chi connectivity index (χ2n) is 7.78. The zero-order valence-electron chi connectivity index (χ0n) is 17.9. The number of anilines is 2. The van der Waals surface area contributed by atoms with Crippen molar-refractivity contribution in [2.45, 2.75) is 18.9 Å². The van der Waals surface area contributed by atoms with E-state index in [0.717, 1.165) is 5.56 Å². The van der Waals surface area contributed by atoms with E-state index in [1.807, 2.05) is 12.1 Å². The Labute approximate surface area is 212 Å². The van der Waals surface area contributed by atoms with Crippen LogP contribution in [-0.2, 0) is 16.0 Å². The smallest absolute Gasteiger partial charge is 0.256 e. The molecule has 0 aliphatic carbocycles. The van der Waals surface area contributed by atoms with Crippen LogP contribution >= 0.6 is 35.4 Å². The molecule has 1 N–H and O–H groups in total. The highest BCUT2D eigenvalue weighted by molar-refractivity contribution is 7.80. The average molecular weight is 516 g/mol. The summed E-state index contributed by atoms with van der Waals surface area (Å²) < 4.78 is 13.2. The summed E-state index contributed by atoms with van der Waals surface area (Å²) in [6, 6.07) is 18.9. The summed E-state index contributed by atoms with van der Waals surface area (Å²) in [4.78, 5) is 29.4. The van der Waals surface area contributed by atoms with Gasteiger partial charge in [-0.15, -0.1) is 0 Å². The van der Waals surface area contributed by atoms with Gasteiger partial charge in [0.05, 0.1) is 12.1 Å². The SMILES string of the molecule is O=C(CC1C(=O)N(c2cccc(Cl)c2)C(=S)N1CCc1ccc(Cl)cc1)Nc1ccc(F)cc1. The Balaban J connectivity index is 1.56. The van der Waals surface area contributed by atoms with E-state index in [1.54, 1.807) is 41.3 Å². The summed E-state index contributed by atoms with van der Waals surface area (Å²) in [5.74, 6) is -1.09. The van der Waals surface area contributed by atoms with Gasteiger partial charge >= 0.3 is 0 Å². The lowest BCUT2D eigenvalue weighted by Crippen LogP contribution is -2.39. The first-order valence-corrected chi connectivity index (χ1v) is 11.7.